The molecule has 0 fully saturated rings. The summed E-state index contributed by atoms with van der Waals surface area (Å²) in [6, 6.07) is -0.648. The molecule has 6 heteroatoms. The van der Waals surface area contributed by atoms with Crippen molar-refractivity contribution in [2.45, 2.75) is 58.9 Å². The lowest BCUT2D eigenvalue weighted by Crippen LogP contribution is -2.42. The number of nitrogens with one attached hydrogen (secondary N) is 1. The van der Waals surface area contributed by atoms with E-state index in [1.165, 1.54) is 7.11 Å². The normalized spacial score (nSPS) is 12.0. The Bertz CT molecular complexity index is 307. The Labute approximate surface area is 133 Å². The van der Waals surface area contributed by atoms with E-state index in [0.29, 0.717) is 19.6 Å². The van der Waals surface area contributed by atoms with Gasteiger partial charge in [0.05, 0.1) is 13.2 Å². The van der Waals surface area contributed by atoms with E-state index in [2.05, 4.69) is 12.2 Å². The van der Waals surface area contributed by atoms with Crippen molar-refractivity contribution < 1.29 is 23.8 Å². The number of amides is 1. The summed E-state index contributed by atoms with van der Waals surface area (Å²) in [5.41, 5.74) is 0. The molecular weight excluding hydrogens is 286 g/mol. The number of carbonyl (C=O) groups excluding carboxylic acids is 2. The minimum Gasteiger partial charge on any atom is -0.464 e. The van der Waals surface area contributed by atoms with E-state index >= 15 is 0 Å². The van der Waals surface area contributed by atoms with Gasteiger partial charge in [0.2, 0.25) is 0 Å². The molecule has 0 radical (unpaired) electrons. The molecule has 1 N–H and O–H groups in total. The third-order valence-electron chi connectivity index (χ3n) is 3.00. The van der Waals surface area contributed by atoms with Crippen LogP contribution in [0.25, 0.3) is 0 Å². The molecule has 0 aromatic heterocycles. The lowest BCUT2D eigenvalue weighted by atomic mass is 10.1. The second-order valence-electron chi connectivity index (χ2n) is 5.70. The molecule has 22 heavy (non-hydrogen) atoms. The molecule has 1 unspecified atom stereocenters. The van der Waals surface area contributed by atoms with E-state index < -0.39 is 18.1 Å². The van der Waals surface area contributed by atoms with Crippen LogP contribution in [0.1, 0.15) is 52.9 Å². The Kier molecular flexibility index (Phi) is 12.6. The van der Waals surface area contributed by atoms with Gasteiger partial charge in [-0.15, -0.1) is 0 Å². The minimum absolute atomic E-state index is 0.159. The van der Waals surface area contributed by atoms with Gasteiger partial charge in [-0.05, 0) is 12.3 Å². The molecular formula is C16H31NO5. The highest BCUT2D eigenvalue weighted by molar-refractivity contribution is 5.81. The Balaban J connectivity index is 4.30. The zero-order valence-electron chi connectivity index (χ0n) is 14.4. The highest BCUT2D eigenvalue weighted by atomic mass is 16.6. The van der Waals surface area contributed by atoms with Gasteiger partial charge in [0.25, 0.3) is 0 Å². The number of esters is 1. The zero-order chi connectivity index (χ0) is 16.8. The van der Waals surface area contributed by atoms with Crippen LogP contribution in [0.15, 0.2) is 0 Å². The van der Waals surface area contributed by atoms with Crippen molar-refractivity contribution in [3.05, 3.63) is 0 Å². The molecule has 0 aliphatic carbocycles. The number of hydrogen-bond acceptors (Lipinski definition) is 5. The average Bonchev–Trinajstić information content (AvgIpc) is 2.48. The van der Waals surface area contributed by atoms with Crippen LogP contribution in [-0.4, -0.2) is 45.0 Å². The summed E-state index contributed by atoms with van der Waals surface area (Å²) < 4.78 is 15.0. The summed E-state index contributed by atoms with van der Waals surface area (Å²) in [6.45, 7) is 6.90. The largest absolute Gasteiger partial charge is 0.464 e. The molecule has 0 bridgehead atoms. The van der Waals surface area contributed by atoms with Gasteiger partial charge < -0.3 is 19.5 Å². The maximum absolute atomic E-state index is 12.1. The van der Waals surface area contributed by atoms with Gasteiger partial charge in [-0.2, -0.15) is 0 Å². The summed E-state index contributed by atoms with van der Waals surface area (Å²) in [4.78, 5) is 23.7. The summed E-state index contributed by atoms with van der Waals surface area (Å²) in [6.07, 6.45) is 4.09. The predicted octanol–water partition coefficient (Wildman–Crippen LogP) is 2.90. The maximum Gasteiger partial charge on any atom is 0.407 e. The molecule has 0 aliphatic rings. The maximum atomic E-state index is 12.1. The van der Waals surface area contributed by atoms with Crippen molar-refractivity contribution in [3.63, 3.8) is 0 Å². The fourth-order valence-electron chi connectivity index (χ4n) is 1.78. The van der Waals surface area contributed by atoms with Gasteiger partial charge >= 0.3 is 12.1 Å². The molecule has 0 aromatic carbocycles. The molecule has 0 aromatic rings. The van der Waals surface area contributed by atoms with Crippen LogP contribution >= 0.6 is 0 Å². The van der Waals surface area contributed by atoms with Gasteiger partial charge in [-0.1, -0.05) is 46.5 Å². The molecule has 0 saturated heterocycles. The van der Waals surface area contributed by atoms with Crippen molar-refractivity contribution >= 4 is 12.1 Å². The van der Waals surface area contributed by atoms with Gasteiger partial charge in [-0.3, -0.25) is 0 Å². The molecule has 1 amide bonds. The predicted molar refractivity (Wildman–Crippen MR) is 84.7 cm³/mol. The number of alkyl carbamates (subject to hydrolysis) is 1. The standard InChI is InChI=1S/C16H31NO5/c1-5-6-7-8-9-14(15(18)22-12-13(2)3)17-16(19)21-11-10-20-4/h13-14H,5-12H2,1-4H3,(H,17,19). The summed E-state index contributed by atoms with van der Waals surface area (Å²) in [5, 5.41) is 2.59. The highest BCUT2D eigenvalue weighted by Gasteiger charge is 2.22. The Morgan fingerprint density at radius 2 is 1.77 bits per heavy atom. The zero-order valence-corrected chi connectivity index (χ0v) is 14.4. The smallest absolute Gasteiger partial charge is 0.407 e. The monoisotopic (exact) mass is 317 g/mol. The van der Waals surface area contributed by atoms with Crippen molar-refractivity contribution in [2.75, 3.05) is 26.9 Å². The van der Waals surface area contributed by atoms with E-state index in [0.717, 1.165) is 25.7 Å². The van der Waals surface area contributed by atoms with Crippen molar-refractivity contribution in [3.8, 4) is 0 Å². The van der Waals surface area contributed by atoms with E-state index in [1.54, 1.807) is 0 Å². The molecule has 130 valence electrons. The number of hydrogen-bond donors (Lipinski definition) is 1. The third-order valence-corrected chi connectivity index (χ3v) is 3.00. The van der Waals surface area contributed by atoms with E-state index in [9.17, 15) is 9.59 Å². The number of ether oxygens (including phenoxy) is 3. The second kappa shape index (κ2) is 13.4. The van der Waals surface area contributed by atoms with Gasteiger partial charge in [-0.25, -0.2) is 9.59 Å². The van der Waals surface area contributed by atoms with Gasteiger partial charge in [0.15, 0.2) is 0 Å². The van der Waals surface area contributed by atoms with Crippen LogP contribution in [0.4, 0.5) is 4.79 Å². The molecule has 0 spiro atoms. The first kappa shape index (κ1) is 20.7. The number of methoxy groups -OCH3 is 1. The molecule has 0 aliphatic heterocycles. The fraction of sp³-hybridized carbons (Fsp3) is 0.875. The van der Waals surface area contributed by atoms with Gasteiger partial charge in [0, 0.05) is 7.11 Å². The van der Waals surface area contributed by atoms with Crippen molar-refractivity contribution in [1.82, 2.24) is 5.32 Å². The topological polar surface area (TPSA) is 73.9 Å². The van der Waals surface area contributed by atoms with E-state index in [4.69, 9.17) is 14.2 Å². The summed E-state index contributed by atoms with van der Waals surface area (Å²) in [5.74, 6) is -0.132. The highest BCUT2D eigenvalue weighted by Crippen LogP contribution is 2.08. The van der Waals surface area contributed by atoms with Crippen LogP contribution in [0.5, 0.6) is 0 Å². The van der Waals surface area contributed by atoms with Crippen LogP contribution < -0.4 is 5.32 Å². The Hall–Kier alpha value is -1.30. The first-order valence-corrected chi connectivity index (χ1v) is 8.10. The Morgan fingerprint density at radius 3 is 2.36 bits per heavy atom. The SMILES string of the molecule is CCCCCCC(NC(=O)OCCOC)C(=O)OCC(C)C. The molecule has 0 rings (SSSR count). The quantitative estimate of drug-likeness (QED) is 0.442. The lowest BCUT2D eigenvalue weighted by molar-refractivity contribution is -0.147. The fourth-order valence-corrected chi connectivity index (χ4v) is 1.78. The minimum atomic E-state index is -0.648. The van der Waals surface area contributed by atoms with E-state index in [1.807, 2.05) is 13.8 Å². The van der Waals surface area contributed by atoms with Crippen LogP contribution in [-0.2, 0) is 19.0 Å². The third kappa shape index (κ3) is 11.4. The van der Waals surface area contributed by atoms with Crippen molar-refractivity contribution in [1.29, 1.82) is 0 Å². The number of carbonyl (C=O) groups is 2. The number of rotatable bonds is 12. The summed E-state index contributed by atoms with van der Waals surface area (Å²) >= 11 is 0. The van der Waals surface area contributed by atoms with Gasteiger partial charge in [0.1, 0.15) is 12.6 Å². The first-order chi connectivity index (χ1) is 10.5. The molecule has 1 atom stereocenters. The number of unbranched alkanes of at least 4 members (excludes halogenated alkanes) is 3. The van der Waals surface area contributed by atoms with E-state index in [-0.39, 0.29) is 12.5 Å². The molecule has 0 saturated carbocycles. The molecule has 6 nitrogen and oxygen atoms in total. The second-order valence-corrected chi connectivity index (χ2v) is 5.70. The first-order valence-electron chi connectivity index (χ1n) is 8.10. The van der Waals surface area contributed by atoms with Crippen LogP contribution in [0.2, 0.25) is 0 Å². The van der Waals surface area contributed by atoms with Crippen molar-refractivity contribution in [2.24, 2.45) is 5.92 Å². The summed E-state index contributed by atoms with van der Waals surface area (Å²) in [7, 11) is 1.53. The lowest BCUT2D eigenvalue weighted by Gasteiger charge is -2.18. The van der Waals surface area contributed by atoms with Crippen LogP contribution in [0, 0.1) is 5.92 Å². The van der Waals surface area contributed by atoms with Crippen LogP contribution in [0.3, 0.4) is 0 Å². The molecule has 0 heterocycles. The Morgan fingerprint density at radius 1 is 1.05 bits per heavy atom. The average molecular weight is 317 g/mol.